The second-order valence-corrected chi connectivity index (χ2v) is 5.31. The summed E-state index contributed by atoms with van der Waals surface area (Å²) in [6.45, 7) is 3.66. The Morgan fingerprint density at radius 1 is 1.10 bits per heavy atom. The fourth-order valence-electron chi connectivity index (χ4n) is 2.20. The molecule has 108 valence electrons. The van der Waals surface area contributed by atoms with Crippen molar-refractivity contribution >= 4 is 17.3 Å². The second kappa shape index (κ2) is 4.70. The number of fused-ring (bicyclic) bond motifs is 1. The van der Waals surface area contributed by atoms with E-state index in [-0.39, 0.29) is 5.91 Å². The molecule has 0 bridgehead atoms. The monoisotopic (exact) mass is 284 g/mol. The van der Waals surface area contributed by atoms with Crippen LogP contribution >= 0.6 is 0 Å². The molecule has 0 aromatic heterocycles. The van der Waals surface area contributed by atoms with Crippen molar-refractivity contribution in [2.75, 3.05) is 11.1 Å². The van der Waals surface area contributed by atoms with Crippen LogP contribution in [0.3, 0.4) is 0 Å². The van der Waals surface area contributed by atoms with Crippen molar-refractivity contribution < 1.29 is 14.3 Å². The summed E-state index contributed by atoms with van der Waals surface area (Å²) in [5.74, 6) is 0.330. The van der Waals surface area contributed by atoms with Crippen molar-refractivity contribution in [3.05, 3.63) is 48.0 Å². The number of amides is 1. The van der Waals surface area contributed by atoms with E-state index in [0.29, 0.717) is 28.4 Å². The number of nitrogens with two attached hydrogens (primary N) is 1. The summed E-state index contributed by atoms with van der Waals surface area (Å²) in [5.41, 5.74) is 7.31. The van der Waals surface area contributed by atoms with E-state index in [4.69, 9.17) is 15.2 Å². The van der Waals surface area contributed by atoms with Gasteiger partial charge in [0.1, 0.15) is 0 Å². The van der Waals surface area contributed by atoms with E-state index < -0.39 is 5.79 Å². The number of rotatable bonds is 2. The Morgan fingerprint density at radius 2 is 1.81 bits per heavy atom. The molecule has 1 aliphatic heterocycles. The van der Waals surface area contributed by atoms with E-state index in [1.807, 2.05) is 13.8 Å². The predicted molar refractivity (Wildman–Crippen MR) is 80.6 cm³/mol. The zero-order chi connectivity index (χ0) is 15.0. The highest BCUT2D eigenvalue weighted by atomic mass is 16.7. The highest BCUT2D eigenvalue weighted by Crippen LogP contribution is 2.40. The highest BCUT2D eigenvalue weighted by Gasteiger charge is 2.31. The third-order valence-electron chi connectivity index (χ3n) is 3.12. The van der Waals surface area contributed by atoms with Gasteiger partial charge in [-0.3, -0.25) is 4.79 Å². The van der Waals surface area contributed by atoms with Crippen molar-refractivity contribution in [1.82, 2.24) is 0 Å². The summed E-state index contributed by atoms with van der Waals surface area (Å²) >= 11 is 0. The lowest BCUT2D eigenvalue weighted by Crippen LogP contribution is -2.29. The zero-order valence-electron chi connectivity index (χ0n) is 11.8. The lowest BCUT2D eigenvalue weighted by Gasteiger charge is -2.16. The molecule has 0 saturated carbocycles. The number of hydrogen-bond donors (Lipinski definition) is 2. The standard InChI is InChI=1S/C16H16N2O3/c1-16(2)20-13-8-7-10(9-14(13)21-16)18-15(19)11-5-3-4-6-12(11)17/h3-9H,17H2,1-2H3,(H,18,19). The molecule has 0 fully saturated rings. The van der Waals surface area contributed by atoms with Gasteiger partial charge in [-0.15, -0.1) is 0 Å². The number of para-hydroxylation sites is 1. The summed E-state index contributed by atoms with van der Waals surface area (Å²) in [7, 11) is 0. The molecular formula is C16H16N2O3. The van der Waals surface area contributed by atoms with Crippen molar-refractivity contribution in [2.45, 2.75) is 19.6 Å². The Morgan fingerprint density at radius 3 is 2.57 bits per heavy atom. The fraction of sp³-hybridized carbons (Fsp3) is 0.188. The first-order chi connectivity index (χ1) is 9.94. The average Bonchev–Trinajstić information content (AvgIpc) is 2.72. The number of ether oxygens (including phenoxy) is 2. The molecule has 0 aliphatic carbocycles. The summed E-state index contributed by atoms with van der Waals surface area (Å²) in [6, 6.07) is 12.2. The lowest BCUT2D eigenvalue weighted by molar-refractivity contribution is -0.0431. The van der Waals surface area contributed by atoms with E-state index in [1.54, 1.807) is 42.5 Å². The minimum absolute atomic E-state index is 0.258. The van der Waals surface area contributed by atoms with Gasteiger partial charge in [-0.1, -0.05) is 12.1 Å². The molecule has 0 unspecified atom stereocenters. The van der Waals surface area contributed by atoms with Crippen LogP contribution in [0.2, 0.25) is 0 Å². The largest absolute Gasteiger partial charge is 0.449 e. The quantitative estimate of drug-likeness (QED) is 0.831. The maximum Gasteiger partial charge on any atom is 0.257 e. The summed E-state index contributed by atoms with van der Waals surface area (Å²) in [5, 5.41) is 2.80. The van der Waals surface area contributed by atoms with Crippen molar-refractivity contribution in [3.8, 4) is 11.5 Å². The van der Waals surface area contributed by atoms with Gasteiger partial charge >= 0.3 is 0 Å². The van der Waals surface area contributed by atoms with E-state index in [1.165, 1.54) is 0 Å². The Balaban J connectivity index is 1.81. The first-order valence-corrected chi connectivity index (χ1v) is 6.62. The molecule has 3 N–H and O–H groups in total. The first kappa shape index (κ1) is 13.3. The predicted octanol–water partition coefficient (Wildman–Crippen LogP) is 3.03. The minimum atomic E-state index is -0.686. The number of carbonyl (C=O) groups is 1. The zero-order valence-corrected chi connectivity index (χ0v) is 11.8. The smallest absolute Gasteiger partial charge is 0.257 e. The van der Waals surface area contributed by atoms with Gasteiger partial charge in [0.05, 0.1) is 5.56 Å². The molecule has 3 rings (SSSR count). The fourth-order valence-corrected chi connectivity index (χ4v) is 2.20. The minimum Gasteiger partial charge on any atom is -0.449 e. The number of nitrogen functional groups attached to an aromatic ring is 1. The van der Waals surface area contributed by atoms with Gasteiger partial charge in [-0.05, 0) is 24.3 Å². The van der Waals surface area contributed by atoms with Gasteiger partial charge in [0, 0.05) is 31.3 Å². The van der Waals surface area contributed by atoms with E-state index in [9.17, 15) is 4.79 Å². The van der Waals surface area contributed by atoms with Gasteiger partial charge in [0.15, 0.2) is 11.5 Å². The molecule has 2 aromatic carbocycles. The van der Waals surface area contributed by atoms with Crippen LogP contribution in [0.25, 0.3) is 0 Å². The van der Waals surface area contributed by atoms with Crippen LogP contribution in [0.15, 0.2) is 42.5 Å². The molecule has 0 radical (unpaired) electrons. The summed E-state index contributed by atoms with van der Waals surface area (Å²) in [6.07, 6.45) is 0. The number of benzene rings is 2. The highest BCUT2D eigenvalue weighted by molar-refractivity contribution is 6.07. The van der Waals surface area contributed by atoms with Crippen LogP contribution in [0.5, 0.6) is 11.5 Å². The Hall–Kier alpha value is -2.69. The molecular weight excluding hydrogens is 268 g/mol. The van der Waals surface area contributed by atoms with Crippen LogP contribution in [-0.2, 0) is 0 Å². The van der Waals surface area contributed by atoms with Gasteiger partial charge in [0.2, 0.25) is 5.79 Å². The van der Waals surface area contributed by atoms with Crippen LogP contribution in [0, 0.1) is 0 Å². The average molecular weight is 284 g/mol. The Labute approximate surface area is 122 Å². The maximum atomic E-state index is 12.2. The number of hydrogen-bond acceptors (Lipinski definition) is 4. The third-order valence-corrected chi connectivity index (χ3v) is 3.12. The molecule has 5 nitrogen and oxygen atoms in total. The summed E-state index contributed by atoms with van der Waals surface area (Å²) in [4.78, 5) is 12.2. The third kappa shape index (κ3) is 2.63. The second-order valence-electron chi connectivity index (χ2n) is 5.31. The molecule has 0 spiro atoms. The van der Waals surface area contributed by atoms with Gasteiger partial charge < -0.3 is 20.5 Å². The normalized spacial score (nSPS) is 14.8. The molecule has 1 heterocycles. The number of nitrogens with one attached hydrogen (secondary N) is 1. The van der Waals surface area contributed by atoms with E-state index >= 15 is 0 Å². The SMILES string of the molecule is CC1(C)Oc2ccc(NC(=O)c3ccccc3N)cc2O1. The molecule has 0 atom stereocenters. The van der Waals surface area contributed by atoms with E-state index in [0.717, 1.165) is 0 Å². The van der Waals surface area contributed by atoms with Gasteiger partial charge in [0.25, 0.3) is 5.91 Å². The van der Waals surface area contributed by atoms with Crippen LogP contribution in [0.4, 0.5) is 11.4 Å². The van der Waals surface area contributed by atoms with Crippen molar-refractivity contribution in [3.63, 3.8) is 0 Å². The maximum absolute atomic E-state index is 12.2. The molecule has 1 amide bonds. The van der Waals surface area contributed by atoms with Gasteiger partial charge in [-0.25, -0.2) is 0 Å². The van der Waals surface area contributed by atoms with Gasteiger partial charge in [-0.2, -0.15) is 0 Å². The summed E-state index contributed by atoms with van der Waals surface area (Å²) < 4.78 is 11.3. The first-order valence-electron chi connectivity index (χ1n) is 6.62. The van der Waals surface area contributed by atoms with Crippen molar-refractivity contribution in [1.29, 1.82) is 0 Å². The molecule has 21 heavy (non-hydrogen) atoms. The lowest BCUT2D eigenvalue weighted by atomic mass is 10.1. The Kier molecular flexibility index (Phi) is 2.97. The Bertz CT molecular complexity index is 710. The van der Waals surface area contributed by atoms with Crippen LogP contribution in [0.1, 0.15) is 24.2 Å². The molecule has 5 heteroatoms. The molecule has 1 aliphatic rings. The van der Waals surface area contributed by atoms with Crippen LogP contribution < -0.4 is 20.5 Å². The molecule has 0 saturated heterocycles. The van der Waals surface area contributed by atoms with E-state index in [2.05, 4.69) is 5.32 Å². The van der Waals surface area contributed by atoms with Crippen molar-refractivity contribution in [2.24, 2.45) is 0 Å². The topological polar surface area (TPSA) is 73.6 Å². The van der Waals surface area contributed by atoms with Crippen LogP contribution in [-0.4, -0.2) is 11.7 Å². The number of anilines is 2. The molecule has 2 aromatic rings. The number of carbonyl (C=O) groups excluding carboxylic acids is 1.